The average Bonchev–Trinajstić information content (AvgIpc) is 2.98. The minimum atomic E-state index is 0.0995. The lowest BCUT2D eigenvalue weighted by Crippen LogP contribution is -2.48. The van der Waals surface area contributed by atoms with Crippen molar-refractivity contribution in [3.05, 3.63) is 23.9 Å². The highest BCUT2D eigenvalue weighted by Crippen LogP contribution is 2.26. The van der Waals surface area contributed by atoms with Gasteiger partial charge in [-0.15, -0.1) is 0 Å². The van der Waals surface area contributed by atoms with Gasteiger partial charge in [-0.1, -0.05) is 0 Å². The molecular formula is C16H24N4O. The molecule has 0 saturated carbocycles. The number of nitrogens with two attached hydrogens (primary N) is 1. The molecule has 2 fully saturated rings. The normalized spacial score (nSPS) is 24.3. The first kappa shape index (κ1) is 14.5. The number of anilines is 1. The van der Waals surface area contributed by atoms with Gasteiger partial charge in [-0.05, 0) is 63.0 Å². The van der Waals surface area contributed by atoms with Gasteiger partial charge in [-0.25, -0.2) is 4.98 Å². The number of nitrogen functional groups attached to an aromatic ring is 1. The number of ketones is 1. The van der Waals surface area contributed by atoms with Gasteiger partial charge in [0.2, 0.25) is 0 Å². The molecule has 0 bridgehead atoms. The zero-order valence-electron chi connectivity index (χ0n) is 12.4. The summed E-state index contributed by atoms with van der Waals surface area (Å²) in [6.45, 7) is 3.21. The Morgan fingerprint density at radius 3 is 2.95 bits per heavy atom. The van der Waals surface area contributed by atoms with Crippen molar-refractivity contribution in [2.75, 3.05) is 25.4 Å². The van der Waals surface area contributed by atoms with Crippen molar-refractivity contribution >= 4 is 11.6 Å². The Hall–Kier alpha value is -1.46. The van der Waals surface area contributed by atoms with Crippen molar-refractivity contribution in [2.24, 2.45) is 0 Å². The van der Waals surface area contributed by atoms with E-state index in [2.05, 4.69) is 15.2 Å². The number of nitrogens with one attached hydrogen (secondary N) is 1. The lowest BCUT2D eigenvalue weighted by Gasteiger charge is -2.35. The monoisotopic (exact) mass is 288 g/mol. The standard InChI is InChI=1S/C16H24N4O/c17-16-11-12(3-8-19-16)10-15(21)14-2-1-9-20(14)13-4-6-18-7-5-13/h3,8,11,13-14,18H,1-2,4-7,9-10H2,(H2,17,19). The summed E-state index contributed by atoms with van der Waals surface area (Å²) in [5.74, 6) is 0.818. The molecule has 2 saturated heterocycles. The molecule has 1 atom stereocenters. The SMILES string of the molecule is Nc1cc(CC(=O)C2CCCN2C2CCNCC2)ccn1. The second kappa shape index (κ2) is 6.54. The fraction of sp³-hybridized carbons (Fsp3) is 0.625. The summed E-state index contributed by atoms with van der Waals surface area (Å²) >= 11 is 0. The number of carbonyl (C=O) groups is 1. The molecule has 0 spiro atoms. The Morgan fingerprint density at radius 2 is 2.19 bits per heavy atom. The van der Waals surface area contributed by atoms with E-state index in [1.165, 1.54) is 0 Å². The molecule has 3 N–H and O–H groups in total. The molecule has 0 amide bonds. The maximum atomic E-state index is 12.7. The molecule has 114 valence electrons. The summed E-state index contributed by atoms with van der Waals surface area (Å²) in [6, 6.07) is 4.37. The van der Waals surface area contributed by atoms with Crippen LogP contribution in [0.15, 0.2) is 18.3 Å². The number of piperidine rings is 1. The van der Waals surface area contributed by atoms with E-state index >= 15 is 0 Å². The van der Waals surface area contributed by atoms with Crippen LogP contribution in [0.4, 0.5) is 5.82 Å². The Kier molecular flexibility index (Phi) is 4.51. The lowest BCUT2D eigenvalue weighted by atomic mass is 9.99. The topological polar surface area (TPSA) is 71.2 Å². The third kappa shape index (κ3) is 3.41. The van der Waals surface area contributed by atoms with Gasteiger partial charge in [0.15, 0.2) is 5.78 Å². The number of pyridine rings is 1. The highest BCUT2D eigenvalue weighted by molar-refractivity contribution is 5.86. The molecule has 21 heavy (non-hydrogen) atoms. The van der Waals surface area contributed by atoms with Gasteiger partial charge in [-0.2, -0.15) is 0 Å². The predicted octanol–water partition coefficient (Wildman–Crippen LogP) is 0.992. The molecule has 2 aliphatic rings. The summed E-state index contributed by atoms with van der Waals surface area (Å²) in [6.07, 6.45) is 6.61. The highest BCUT2D eigenvalue weighted by atomic mass is 16.1. The largest absolute Gasteiger partial charge is 0.384 e. The maximum absolute atomic E-state index is 12.7. The van der Waals surface area contributed by atoms with Crippen LogP contribution in [0, 0.1) is 0 Å². The Bertz CT molecular complexity index is 499. The quantitative estimate of drug-likeness (QED) is 0.864. The number of hydrogen-bond acceptors (Lipinski definition) is 5. The number of carbonyl (C=O) groups excluding carboxylic acids is 1. The van der Waals surface area contributed by atoms with Gasteiger partial charge >= 0.3 is 0 Å². The van der Waals surface area contributed by atoms with Crippen LogP contribution in [0.2, 0.25) is 0 Å². The molecule has 2 aliphatic heterocycles. The van der Waals surface area contributed by atoms with E-state index in [-0.39, 0.29) is 6.04 Å². The third-order valence-corrected chi connectivity index (χ3v) is 4.67. The first-order valence-corrected chi connectivity index (χ1v) is 7.93. The Balaban J connectivity index is 1.65. The van der Waals surface area contributed by atoms with Crippen molar-refractivity contribution in [1.82, 2.24) is 15.2 Å². The van der Waals surface area contributed by atoms with Crippen LogP contribution in [0.3, 0.4) is 0 Å². The second-order valence-electron chi connectivity index (χ2n) is 6.11. The van der Waals surface area contributed by atoms with Crippen molar-refractivity contribution in [1.29, 1.82) is 0 Å². The molecule has 0 aromatic carbocycles. The summed E-state index contributed by atoms with van der Waals surface area (Å²) < 4.78 is 0. The maximum Gasteiger partial charge on any atom is 0.154 e. The van der Waals surface area contributed by atoms with Crippen LogP contribution < -0.4 is 11.1 Å². The van der Waals surface area contributed by atoms with E-state index in [9.17, 15) is 4.79 Å². The Morgan fingerprint density at radius 1 is 1.38 bits per heavy atom. The van der Waals surface area contributed by atoms with E-state index in [1.54, 1.807) is 6.20 Å². The van der Waals surface area contributed by atoms with Crippen LogP contribution in [0.1, 0.15) is 31.2 Å². The van der Waals surface area contributed by atoms with Crippen LogP contribution in [0.5, 0.6) is 0 Å². The van der Waals surface area contributed by atoms with E-state index in [0.717, 1.165) is 50.9 Å². The summed E-state index contributed by atoms with van der Waals surface area (Å²) in [7, 11) is 0. The van der Waals surface area contributed by atoms with Crippen molar-refractivity contribution in [2.45, 2.75) is 44.2 Å². The number of nitrogens with zero attached hydrogens (tertiary/aromatic N) is 2. The van der Waals surface area contributed by atoms with Gasteiger partial charge in [0.1, 0.15) is 5.82 Å². The first-order valence-electron chi connectivity index (χ1n) is 7.93. The zero-order valence-corrected chi connectivity index (χ0v) is 12.4. The number of hydrogen-bond donors (Lipinski definition) is 2. The minimum absolute atomic E-state index is 0.0995. The average molecular weight is 288 g/mol. The molecule has 5 heteroatoms. The van der Waals surface area contributed by atoms with Gasteiger partial charge in [-0.3, -0.25) is 9.69 Å². The van der Waals surface area contributed by atoms with Crippen molar-refractivity contribution in [3.63, 3.8) is 0 Å². The minimum Gasteiger partial charge on any atom is -0.384 e. The smallest absolute Gasteiger partial charge is 0.154 e. The summed E-state index contributed by atoms with van der Waals surface area (Å²) in [4.78, 5) is 19.1. The molecule has 1 aromatic rings. The van der Waals surface area contributed by atoms with Gasteiger partial charge in [0, 0.05) is 18.7 Å². The number of rotatable bonds is 4. The van der Waals surface area contributed by atoms with Crippen molar-refractivity contribution in [3.8, 4) is 0 Å². The number of aromatic nitrogens is 1. The number of Topliss-reactive ketones (excluding diaryl/α,β-unsaturated/α-hetero) is 1. The highest BCUT2D eigenvalue weighted by Gasteiger charge is 2.35. The predicted molar refractivity (Wildman–Crippen MR) is 83.0 cm³/mol. The van der Waals surface area contributed by atoms with Crippen molar-refractivity contribution < 1.29 is 4.79 Å². The lowest BCUT2D eigenvalue weighted by molar-refractivity contribution is -0.123. The van der Waals surface area contributed by atoms with E-state index < -0.39 is 0 Å². The van der Waals surface area contributed by atoms with Crippen LogP contribution in [0.25, 0.3) is 0 Å². The molecule has 3 heterocycles. The third-order valence-electron chi connectivity index (χ3n) is 4.67. The summed E-state index contributed by atoms with van der Waals surface area (Å²) in [5.41, 5.74) is 6.67. The molecule has 1 unspecified atom stereocenters. The second-order valence-corrected chi connectivity index (χ2v) is 6.11. The van der Waals surface area contributed by atoms with Gasteiger partial charge in [0.05, 0.1) is 6.04 Å². The molecule has 3 rings (SSSR count). The summed E-state index contributed by atoms with van der Waals surface area (Å²) in [5, 5.41) is 3.40. The zero-order chi connectivity index (χ0) is 14.7. The fourth-order valence-electron chi connectivity index (χ4n) is 3.63. The molecule has 0 aliphatic carbocycles. The molecule has 1 aromatic heterocycles. The number of likely N-dealkylation sites (tertiary alicyclic amines) is 1. The first-order chi connectivity index (χ1) is 10.2. The molecular weight excluding hydrogens is 264 g/mol. The molecule has 0 radical (unpaired) electrons. The van der Waals surface area contributed by atoms with E-state index in [4.69, 9.17) is 5.73 Å². The fourth-order valence-corrected chi connectivity index (χ4v) is 3.63. The van der Waals surface area contributed by atoms with Crippen LogP contribution in [-0.2, 0) is 11.2 Å². The van der Waals surface area contributed by atoms with Crippen LogP contribution in [-0.4, -0.2) is 47.4 Å². The van der Waals surface area contributed by atoms with Gasteiger partial charge < -0.3 is 11.1 Å². The van der Waals surface area contributed by atoms with Gasteiger partial charge in [0.25, 0.3) is 0 Å². The van der Waals surface area contributed by atoms with E-state index in [1.807, 2.05) is 12.1 Å². The van der Waals surface area contributed by atoms with Crippen LogP contribution >= 0.6 is 0 Å². The Labute approximate surface area is 125 Å². The molecule has 5 nitrogen and oxygen atoms in total. The van der Waals surface area contributed by atoms with E-state index in [0.29, 0.717) is 24.1 Å².